The number of guanidine groups is 1. The molecule has 5 heteroatoms. The number of aliphatic imine (C=N–C) groups is 1. The van der Waals surface area contributed by atoms with E-state index < -0.39 is 0 Å². The second-order valence-corrected chi connectivity index (χ2v) is 4.36. The van der Waals surface area contributed by atoms with Gasteiger partial charge in [-0.15, -0.1) is 0 Å². The molecule has 0 aliphatic rings. The maximum absolute atomic E-state index is 13.7. The fourth-order valence-corrected chi connectivity index (χ4v) is 1.62. The van der Waals surface area contributed by atoms with Crippen molar-refractivity contribution in [1.82, 2.24) is 9.80 Å². The highest BCUT2D eigenvalue weighted by molar-refractivity contribution is 5.79. The predicted molar refractivity (Wildman–Crippen MR) is 71.5 cm³/mol. The topological polar surface area (TPSA) is 28.1 Å². The molecule has 0 atom stereocenters. The second-order valence-electron chi connectivity index (χ2n) is 4.36. The zero-order chi connectivity index (χ0) is 13.7. The number of benzene rings is 1. The first-order chi connectivity index (χ1) is 8.45. The van der Waals surface area contributed by atoms with Crippen LogP contribution in [0.3, 0.4) is 0 Å². The molecule has 0 fully saturated rings. The molecular weight excluding hydrogens is 233 g/mol. The highest BCUT2D eigenvalue weighted by Crippen LogP contribution is 2.17. The average molecular weight is 253 g/mol. The Balaban J connectivity index is 2.87. The minimum absolute atomic E-state index is 0.296. The van der Waals surface area contributed by atoms with Gasteiger partial charge in [0.15, 0.2) is 5.96 Å². The maximum Gasteiger partial charge on any atom is 0.195 e. The van der Waals surface area contributed by atoms with Gasteiger partial charge in [-0.05, 0) is 6.07 Å². The molecule has 1 rings (SSSR count). The summed E-state index contributed by atoms with van der Waals surface area (Å²) in [6, 6.07) is 4.80. The Kier molecular flexibility index (Phi) is 4.95. The van der Waals surface area contributed by atoms with E-state index >= 15 is 0 Å². The van der Waals surface area contributed by atoms with Gasteiger partial charge in [0.05, 0.1) is 13.7 Å². The Labute approximate surface area is 108 Å². The summed E-state index contributed by atoms with van der Waals surface area (Å²) in [7, 11) is 9.14. The number of hydrogen-bond donors (Lipinski definition) is 0. The Morgan fingerprint density at radius 3 is 2.28 bits per heavy atom. The Morgan fingerprint density at radius 1 is 1.22 bits per heavy atom. The molecule has 0 saturated heterocycles. The summed E-state index contributed by atoms with van der Waals surface area (Å²) in [5.74, 6) is 1.01. The third-order valence-corrected chi connectivity index (χ3v) is 2.45. The predicted octanol–water partition coefficient (Wildman–Crippen LogP) is 1.81. The molecule has 0 spiro atoms. The van der Waals surface area contributed by atoms with Crippen molar-refractivity contribution in [3.05, 3.63) is 29.6 Å². The van der Waals surface area contributed by atoms with E-state index in [4.69, 9.17) is 4.74 Å². The minimum atomic E-state index is -0.296. The number of rotatable bonds is 3. The van der Waals surface area contributed by atoms with Crippen molar-refractivity contribution >= 4 is 5.96 Å². The molecule has 0 bridgehead atoms. The van der Waals surface area contributed by atoms with E-state index in [-0.39, 0.29) is 5.82 Å². The number of methoxy groups -OCH3 is 1. The quantitative estimate of drug-likeness (QED) is 0.607. The lowest BCUT2D eigenvalue weighted by atomic mass is 10.2. The highest BCUT2D eigenvalue weighted by Gasteiger charge is 2.07. The van der Waals surface area contributed by atoms with Crippen LogP contribution in [-0.2, 0) is 6.54 Å². The molecule has 0 N–H and O–H groups in total. The van der Waals surface area contributed by atoms with Gasteiger partial charge in [0.2, 0.25) is 0 Å². The van der Waals surface area contributed by atoms with Gasteiger partial charge in [0.1, 0.15) is 11.6 Å². The molecule has 0 amide bonds. The smallest absolute Gasteiger partial charge is 0.195 e. The number of hydrogen-bond acceptors (Lipinski definition) is 2. The molecular formula is C13H20FN3O. The SMILES string of the molecule is COc1ccc(CN=C(N(C)C)N(C)C)c(F)c1. The van der Waals surface area contributed by atoms with Gasteiger partial charge in [-0.25, -0.2) is 9.38 Å². The zero-order valence-corrected chi connectivity index (χ0v) is 11.6. The lowest BCUT2D eigenvalue weighted by molar-refractivity contribution is 0.410. The van der Waals surface area contributed by atoms with E-state index in [1.54, 1.807) is 12.1 Å². The molecule has 0 saturated carbocycles. The van der Waals surface area contributed by atoms with Crippen LogP contribution in [0.25, 0.3) is 0 Å². The third kappa shape index (κ3) is 3.61. The van der Waals surface area contributed by atoms with Crippen LogP contribution in [0.15, 0.2) is 23.2 Å². The van der Waals surface area contributed by atoms with E-state index in [0.717, 1.165) is 5.96 Å². The number of halogens is 1. The summed E-state index contributed by atoms with van der Waals surface area (Å²) in [5.41, 5.74) is 0.553. The zero-order valence-electron chi connectivity index (χ0n) is 11.6. The Bertz CT molecular complexity index is 420. The Morgan fingerprint density at radius 2 is 1.83 bits per heavy atom. The van der Waals surface area contributed by atoms with Crippen molar-refractivity contribution in [2.75, 3.05) is 35.3 Å². The second kappa shape index (κ2) is 6.23. The molecule has 100 valence electrons. The van der Waals surface area contributed by atoms with Gasteiger partial charge in [0, 0.05) is 39.8 Å². The van der Waals surface area contributed by atoms with Crippen LogP contribution in [0.1, 0.15) is 5.56 Å². The van der Waals surface area contributed by atoms with Crippen LogP contribution in [0.2, 0.25) is 0 Å². The third-order valence-electron chi connectivity index (χ3n) is 2.45. The molecule has 1 aromatic carbocycles. The molecule has 0 aromatic heterocycles. The molecule has 0 radical (unpaired) electrons. The summed E-state index contributed by atoms with van der Waals surface area (Å²) in [6.45, 7) is 0.307. The van der Waals surface area contributed by atoms with Crippen molar-refractivity contribution in [2.45, 2.75) is 6.54 Å². The summed E-state index contributed by atoms with van der Waals surface area (Å²) >= 11 is 0. The van der Waals surface area contributed by atoms with Crippen LogP contribution in [-0.4, -0.2) is 51.1 Å². The van der Waals surface area contributed by atoms with Crippen molar-refractivity contribution in [3.8, 4) is 5.75 Å². The molecule has 4 nitrogen and oxygen atoms in total. The first kappa shape index (κ1) is 14.3. The van der Waals surface area contributed by atoms with Gasteiger partial charge >= 0.3 is 0 Å². The summed E-state index contributed by atoms with van der Waals surface area (Å²) < 4.78 is 18.7. The van der Waals surface area contributed by atoms with Gasteiger partial charge in [-0.1, -0.05) is 6.07 Å². The van der Waals surface area contributed by atoms with Gasteiger partial charge < -0.3 is 14.5 Å². The normalized spacial score (nSPS) is 9.89. The Hall–Kier alpha value is -1.78. The fraction of sp³-hybridized carbons (Fsp3) is 0.462. The first-order valence-corrected chi connectivity index (χ1v) is 5.67. The van der Waals surface area contributed by atoms with E-state index in [1.165, 1.54) is 13.2 Å². The molecule has 18 heavy (non-hydrogen) atoms. The summed E-state index contributed by atoms with van der Waals surface area (Å²) in [6.07, 6.45) is 0. The van der Waals surface area contributed by atoms with E-state index in [1.807, 2.05) is 38.0 Å². The van der Waals surface area contributed by atoms with Crippen molar-refractivity contribution < 1.29 is 9.13 Å². The lowest BCUT2D eigenvalue weighted by Gasteiger charge is -2.22. The molecule has 0 aliphatic heterocycles. The lowest BCUT2D eigenvalue weighted by Crippen LogP contribution is -2.35. The average Bonchev–Trinajstić information content (AvgIpc) is 2.30. The van der Waals surface area contributed by atoms with Gasteiger partial charge in [0.25, 0.3) is 0 Å². The molecule has 0 unspecified atom stereocenters. The number of nitrogens with zero attached hydrogens (tertiary/aromatic N) is 3. The van der Waals surface area contributed by atoms with E-state index in [0.29, 0.717) is 17.9 Å². The van der Waals surface area contributed by atoms with Gasteiger partial charge in [-0.2, -0.15) is 0 Å². The van der Waals surface area contributed by atoms with Crippen LogP contribution >= 0.6 is 0 Å². The first-order valence-electron chi connectivity index (χ1n) is 5.67. The van der Waals surface area contributed by atoms with E-state index in [9.17, 15) is 4.39 Å². The van der Waals surface area contributed by atoms with Crippen molar-refractivity contribution in [2.24, 2.45) is 4.99 Å². The maximum atomic E-state index is 13.7. The minimum Gasteiger partial charge on any atom is -0.497 e. The standard InChI is InChI=1S/C13H20FN3O/c1-16(2)13(17(3)4)15-9-10-6-7-11(18-5)8-12(10)14/h6-8H,9H2,1-5H3. The monoisotopic (exact) mass is 253 g/mol. The molecule has 0 aliphatic carbocycles. The summed E-state index contributed by atoms with van der Waals surface area (Å²) in [4.78, 5) is 8.18. The number of ether oxygens (including phenoxy) is 1. The fourth-order valence-electron chi connectivity index (χ4n) is 1.62. The van der Waals surface area contributed by atoms with Crippen LogP contribution in [0.4, 0.5) is 4.39 Å². The van der Waals surface area contributed by atoms with Crippen LogP contribution in [0.5, 0.6) is 5.75 Å². The van der Waals surface area contributed by atoms with Gasteiger partial charge in [-0.3, -0.25) is 0 Å². The summed E-state index contributed by atoms with van der Waals surface area (Å²) in [5, 5.41) is 0. The van der Waals surface area contributed by atoms with Crippen molar-refractivity contribution in [3.63, 3.8) is 0 Å². The van der Waals surface area contributed by atoms with Crippen LogP contribution < -0.4 is 4.74 Å². The highest BCUT2D eigenvalue weighted by atomic mass is 19.1. The van der Waals surface area contributed by atoms with Crippen LogP contribution in [0, 0.1) is 5.82 Å². The largest absolute Gasteiger partial charge is 0.497 e. The van der Waals surface area contributed by atoms with E-state index in [2.05, 4.69) is 4.99 Å². The molecule has 0 heterocycles. The van der Waals surface area contributed by atoms with Crippen molar-refractivity contribution in [1.29, 1.82) is 0 Å². The molecule has 1 aromatic rings.